The van der Waals surface area contributed by atoms with Gasteiger partial charge in [-0.3, -0.25) is 5.43 Å². The van der Waals surface area contributed by atoms with Crippen LogP contribution in [0.15, 0.2) is 34.7 Å². The molecule has 0 amide bonds. The molecule has 1 aliphatic carbocycles. The summed E-state index contributed by atoms with van der Waals surface area (Å²) >= 11 is 1.45. The molecule has 1 aliphatic rings. The molecular formula is C13H14N4S. The average molecular weight is 258 g/mol. The van der Waals surface area contributed by atoms with Crippen LogP contribution in [0.3, 0.4) is 0 Å². The van der Waals surface area contributed by atoms with Crippen molar-refractivity contribution in [2.24, 2.45) is 5.10 Å². The Morgan fingerprint density at radius 1 is 1.39 bits per heavy atom. The predicted octanol–water partition coefficient (Wildman–Crippen LogP) is 3.05. The fourth-order valence-electron chi connectivity index (χ4n) is 1.89. The second-order valence-corrected chi connectivity index (χ2v) is 5.21. The van der Waals surface area contributed by atoms with Gasteiger partial charge in [0, 0.05) is 5.38 Å². The van der Waals surface area contributed by atoms with E-state index in [-0.39, 0.29) is 0 Å². The van der Waals surface area contributed by atoms with Gasteiger partial charge in [0.2, 0.25) is 5.13 Å². The highest BCUT2D eigenvalue weighted by atomic mass is 32.1. The number of aromatic nitrogens is 1. The van der Waals surface area contributed by atoms with Gasteiger partial charge >= 0.3 is 0 Å². The van der Waals surface area contributed by atoms with Crippen molar-refractivity contribution >= 4 is 28.5 Å². The highest BCUT2D eigenvalue weighted by molar-refractivity contribution is 7.14. The fourth-order valence-corrected chi connectivity index (χ4v) is 2.44. The Labute approximate surface area is 110 Å². The second kappa shape index (κ2) is 4.78. The standard InChI is InChI=1S/C13H14N4S/c14-12-8-18-13(16-12)17-15-7-10-3-1-2-4-11(10)9-5-6-9/h1-4,7-9H,5-6,14H2,(H,16,17). The molecule has 5 heteroatoms. The zero-order chi connectivity index (χ0) is 12.4. The van der Waals surface area contributed by atoms with E-state index >= 15 is 0 Å². The summed E-state index contributed by atoms with van der Waals surface area (Å²) in [5.41, 5.74) is 11.0. The van der Waals surface area contributed by atoms with Gasteiger partial charge in [0.05, 0.1) is 6.21 Å². The van der Waals surface area contributed by atoms with Crippen molar-refractivity contribution in [3.8, 4) is 0 Å². The summed E-state index contributed by atoms with van der Waals surface area (Å²) in [5.74, 6) is 1.25. The van der Waals surface area contributed by atoms with E-state index in [2.05, 4.69) is 33.7 Å². The highest BCUT2D eigenvalue weighted by Crippen LogP contribution is 2.41. The summed E-state index contributed by atoms with van der Waals surface area (Å²) in [7, 11) is 0. The molecule has 0 aliphatic heterocycles. The first kappa shape index (κ1) is 11.2. The van der Waals surface area contributed by atoms with Crippen LogP contribution in [0.5, 0.6) is 0 Å². The number of benzene rings is 1. The summed E-state index contributed by atoms with van der Waals surface area (Å²) in [6.07, 6.45) is 4.44. The van der Waals surface area contributed by atoms with Gasteiger partial charge in [-0.1, -0.05) is 24.3 Å². The van der Waals surface area contributed by atoms with E-state index in [1.165, 1.54) is 35.3 Å². The monoisotopic (exact) mass is 258 g/mol. The van der Waals surface area contributed by atoms with Crippen molar-refractivity contribution in [3.63, 3.8) is 0 Å². The molecule has 0 bridgehead atoms. The fraction of sp³-hybridized carbons (Fsp3) is 0.231. The largest absolute Gasteiger partial charge is 0.383 e. The number of hydrazone groups is 1. The van der Waals surface area contributed by atoms with Gasteiger partial charge in [-0.2, -0.15) is 5.10 Å². The molecule has 1 aromatic carbocycles. The highest BCUT2D eigenvalue weighted by Gasteiger charge is 2.24. The first-order valence-corrected chi connectivity index (χ1v) is 6.80. The van der Waals surface area contributed by atoms with Crippen molar-refractivity contribution in [2.45, 2.75) is 18.8 Å². The lowest BCUT2D eigenvalue weighted by atomic mass is 10.0. The Morgan fingerprint density at radius 2 is 2.22 bits per heavy atom. The molecule has 1 saturated carbocycles. The van der Waals surface area contributed by atoms with Crippen LogP contribution in [-0.4, -0.2) is 11.2 Å². The molecule has 0 atom stereocenters. The SMILES string of the molecule is Nc1csc(NN=Cc2ccccc2C2CC2)n1. The average Bonchev–Trinajstić information content (AvgIpc) is 3.14. The molecule has 1 aromatic heterocycles. The van der Waals surface area contributed by atoms with Gasteiger partial charge in [0.25, 0.3) is 0 Å². The van der Waals surface area contributed by atoms with E-state index in [1.807, 2.05) is 12.3 Å². The quantitative estimate of drug-likeness (QED) is 0.654. The minimum absolute atomic E-state index is 0.524. The summed E-state index contributed by atoms with van der Waals surface area (Å²) in [6.45, 7) is 0. The van der Waals surface area contributed by atoms with Crippen LogP contribution in [0.25, 0.3) is 0 Å². The number of nitrogens with two attached hydrogens (primary N) is 1. The number of hydrogen-bond donors (Lipinski definition) is 2. The van der Waals surface area contributed by atoms with Gasteiger partial charge in [0.1, 0.15) is 5.82 Å². The molecular weight excluding hydrogens is 244 g/mol. The Morgan fingerprint density at radius 3 is 2.94 bits per heavy atom. The maximum Gasteiger partial charge on any atom is 0.205 e. The molecule has 2 aromatic rings. The normalized spacial score (nSPS) is 15.1. The Bertz CT molecular complexity index is 572. The van der Waals surface area contributed by atoms with Crippen molar-refractivity contribution in [3.05, 3.63) is 40.8 Å². The molecule has 1 fully saturated rings. The summed E-state index contributed by atoms with van der Waals surface area (Å²) in [5, 5.41) is 6.72. The van der Waals surface area contributed by atoms with Crippen LogP contribution < -0.4 is 11.2 Å². The Hall–Kier alpha value is -1.88. The zero-order valence-electron chi connectivity index (χ0n) is 9.84. The van der Waals surface area contributed by atoms with E-state index in [0.717, 1.165) is 5.92 Å². The lowest BCUT2D eigenvalue weighted by Gasteiger charge is -2.02. The zero-order valence-corrected chi connectivity index (χ0v) is 10.7. The molecule has 92 valence electrons. The third-order valence-electron chi connectivity index (χ3n) is 2.90. The van der Waals surface area contributed by atoms with E-state index in [4.69, 9.17) is 5.73 Å². The third kappa shape index (κ3) is 2.51. The molecule has 18 heavy (non-hydrogen) atoms. The number of nitrogen functional groups attached to an aromatic ring is 1. The lowest BCUT2D eigenvalue weighted by Crippen LogP contribution is -1.94. The molecule has 4 nitrogen and oxygen atoms in total. The van der Waals surface area contributed by atoms with Crippen LogP contribution in [0, 0.1) is 0 Å². The van der Waals surface area contributed by atoms with Crippen molar-refractivity contribution in [2.75, 3.05) is 11.2 Å². The number of nitrogens with one attached hydrogen (secondary N) is 1. The van der Waals surface area contributed by atoms with Crippen LogP contribution in [-0.2, 0) is 0 Å². The van der Waals surface area contributed by atoms with Gasteiger partial charge in [-0.25, -0.2) is 4.98 Å². The first-order valence-electron chi connectivity index (χ1n) is 5.92. The molecule has 0 saturated heterocycles. The van der Waals surface area contributed by atoms with E-state index < -0.39 is 0 Å². The number of hydrogen-bond acceptors (Lipinski definition) is 5. The molecule has 3 rings (SSSR count). The Kier molecular flexibility index (Phi) is 2.98. The third-order valence-corrected chi connectivity index (χ3v) is 3.66. The lowest BCUT2D eigenvalue weighted by molar-refractivity contribution is 1.12. The Balaban J connectivity index is 1.72. The van der Waals surface area contributed by atoms with E-state index in [1.54, 1.807) is 5.38 Å². The minimum atomic E-state index is 0.524. The second-order valence-electron chi connectivity index (χ2n) is 4.35. The molecule has 0 unspecified atom stereocenters. The first-order chi connectivity index (χ1) is 8.83. The molecule has 0 radical (unpaired) electrons. The van der Waals surface area contributed by atoms with E-state index in [0.29, 0.717) is 10.9 Å². The van der Waals surface area contributed by atoms with Crippen molar-refractivity contribution in [1.82, 2.24) is 4.98 Å². The maximum atomic E-state index is 5.54. The minimum Gasteiger partial charge on any atom is -0.383 e. The summed E-state index contributed by atoms with van der Waals surface area (Å²) in [4.78, 5) is 4.08. The van der Waals surface area contributed by atoms with Crippen LogP contribution in [0.1, 0.15) is 29.9 Å². The van der Waals surface area contributed by atoms with E-state index in [9.17, 15) is 0 Å². The molecule has 0 spiro atoms. The topological polar surface area (TPSA) is 63.3 Å². The number of thiazole rings is 1. The van der Waals surface area contributed by atoms with Gasteiger partial charge in [0.15, 0.2) is 0 Å². The van der Waals surface area contributed by atoms with Gasteiger partial charge in [-0.15, -0.1) is 11.3 Å². The number of anilines is 2. The molecule has 3 N–H and O–H groups in total. The summed E-state index contributed by atoms with van der Waals surface area (Å²) in [6, 6.07) is 8.39. The van der Waals surface area contributed by atoms with Crippen molar-refractivity contribution < 1.29 is 0 Å². The van der Waals surface area contributed by atoms with Crippen molar-refractivity contribution in [1.29, 1.82) is 0 Å². The number of rotatable bonds is 4. The van der Waals surface area contributed by atoms with Crippen LogP contribution >= 0.6 is 11.3 Å². The maximum absolute atomic E-state index is 5.54. The van der Waals surface area contributed by atoms with Crippen LogP contribution in [0.2, 0.25) is 0 Å². The van der Waals surface area contributed by atoms with Gasteiger partial charge in [-0.05, 0) is 29.9 Å². The molecule has 1 heterocycles. The summed E-state index contributed by atoms with van der Waals surface area (Å²) < 4.78 is 0. The number of nitrogens with zero attached hydrogens (tertiary/aromatic N) is 2. The van der Waals surface area contributed by atoms with Crippen LogP contribution in [0.4, 0.5) is 10.9 Å². The van der Waals surface area contributed by atoms with Gasteiger partial charge < -0.3 is 5.73 Å². The predicted molar refractivity (Wildman–Crippen MR) is 76.2 cm³/mol. The smallest absolute Gasteiger partial charge is 0.205 e.